The fourth-order valence-corrected chi connectivity index (χ4v) is 4.74. The summed E-state index contributed by atoms with van der Waals surface area (Å²) in [6.07, 6.45) is 2.45. The van der Waals surface area contributed by atoms with Crippen LogP contribution in [0, 0.1) is 11.6 Å². The molecule has 0 aliphatic carbocycles. The first-order valence-electron chi connectivity index (χ1n) is 8.34. The summed E-state index contributed by atoms with van der Waals surface area (Å²) in [5, 5.41) is 3.27. The van der Waals surface area contributed by atoms with Gasteiger partial charge in [0.05, 0.1) is 0 Å². The Kier molecular flexibility index (Phi) is 6.95. The summed E-state index contributed by atoms with van der Waals surface area (Å²) >= 11 is 0. The number of halogens is 3. The van der Waals surface area contributed by atoms with E-state index in [2.05, 4.69) is 5.32 Å². The Bertz CT molecular complexity index is 749. The van der Waals surface area contributed by atoms with Crippen LogP contribution in [0.25, 0.3) is 0 Å². The van der Waals surface area contributed by atoms with Crippen LogP contribution < -0.4 is 5.32 Å². The molecule has 0 saturated carbocycles. The van der Waals surface area contributed by atoms with Gasteiger partial charge in [-0.25, -0.2) is 17.2 Å². The minimum absolute atomic E-state index is 0. The number of carbonyl (C=O) groups is 1. The van der Waals surface area contributed by atoms with E-state index in [1.54, 1.807) is 4.90 Å². The van der Waals surface area contributed by atoms with Gasteiger partial charge in [-0.3, -0.25) is 4.79 Å². The Morgan fingerprint density at radius 1 is 1.19 bits per heavy atom. The zero-order chi connectivity index (χ0) is 18.0. The molecule has 6 nitrogen and oxygen atoms in total. The highest BCUT2D eigenvalue weighted by Crippen LogP contribution is 2.22. The Balaban J connectivity index is 0.00000243. The SMILES string of the molecule is Cl.O=C(CC1CCCN1)N1CCN(S(=O)(=O)c2ccc(F)cc2F)CC1. The van der Waals surface area contributed by atoms with Crippen LogP contribution in [-0.4, -0.2) is 62.3 Å². The van der Waals surface area contributed by atoms with Crippen LogP contribution in [0.3, 0.4) is 0 Å². The highest BCUT2D eigenvalue weighted by molar-refractivity contribution is 7.89. The van der Waals surface area contributed by atoms with Crippen LogP contribution in [-0.2, 0) is 14.8 Å². The quantitative estimate of drug-likeness (QED) is 0.815. The first kappa shape index (κ1) is 21.0. The molecule has 1 amide bonds. The third-order valence-corrected chi connectivity index (χ3v) is 6.62. The van der Waals surface area contributed by atoms with Crippen LogP contribution in [0.2, 0.25) is 0 Å². The number of benzene rings is 1. The van der Waals surface area contributed by atoms with Gasteiger partial charge >= 0.3 is 0 Å². The van der Waals surface area contributed by atoms with Crippen molar-refractivity contribution in [3.63, 3.8) is 0 Å². The summed E-state index contributed by atoms with van der Waals surface area (Å²) in [5.74, 6) is -1.93. The van der Waals surface area contributed by atoms with E-state index in [1.807, 2.05) is 0 Å². The van der Waals surface area contributed by atoms with Crippen LogP contribution in [0.15, 0.2) is 23.1 Å². The van der Waals surface area contributed by atoms with Gasteiger partial charge in [-0.2, -0.15) is 4.31 Å². The van der Waals surface area contributed by atoms with Gasteiger partial charge in [-0.1, -0.05) is 0 Å². The molecule has 2 fully saturated rings. The van der Waals surface area contributed by atoms with Gasteiger partial charge in [0.1, 0.15) is 16.5 Å². The minimum atomic E-state index is -4.04. The van der Waals surface area contributed by atoms with E-state index in [1.165, 1.54) is 0 Å². The third kappa shape index (κ3) is 4.51. The average molecular weight is 410 g/mol. The largest absolute Gasteiger partial charge is 0.340 e. The highest BCUT2D eigenvalue weighted by atomic mass is 35.5. The maximum Gasteiger partial charge on any atom is 0.246 e. The topological polar surface area (TPSA) is 69.7 Å². The first-order valence-corrected chi connectivity index (χ1v) is 9.78. The van der Waals surface area contributed by atoms with Crippen molar-refractivity contribution < 1.29 is 22.0 Å². The van der Waals surface area contributed by atoms with Crippen molar-refractivity contribution >= 4 is 28.3 Å². The summed E-state index contributed by atoms with van der Waals surface area (Å²) in [4.78, 5) is 13.4. The van der Waals surface area contributed by atoms with Crippen molar-refractivity contribution in [1.82, 2.24) is 14.5 Å². The lowest BCUT2D eigenvalue weighted by Gasteiger charge is -2.34. The lowest BCUT2D eigenvalue weighted by atomic mass is 10.1. The van der Waals surface area contributed by atoms with Crippen LogP contribution >= 0.6 is 12.4 Å². The fourth-order valence-electron chi connectivity index (χ4n) is 3.27. The Morgan fingerprint density at radius 3 is 2.46 bits per heavy atom. The zero-order valence-electron chi connectivity index (χ0n) is 14.2. The lowest BCUT2D eigenvalue weighted by molar-refractivity contribution is -0.132. The highest BCUT2D eigenvalue weighted by Gasteiger charge is 2.32. The number of piperazine rings is 1. The van der Waals surface area contributed by atoms with Crippen molar-refractivity contribution in [3.05, 3.63) is 29.8 Å². The zero-order valence-corrected chi connectivity index (χ0v) is 15.8. The molecular weight excluding hydrogens is 388 g/mol. The molecule has 0 radical (unpaired) electrons. The third-order valence-electron chi connectivity index (χ3n) is 4.69. The molecule has 2 heterocycles. The molecule has 3 rings (SSSR count). The molecule has 1 atom stereocenters. The molecule has 1 aromatic rings. The predicted octanol–water partition coefficient (Wildman–Crippen LogP) is 1.36. The summed E-state index contributed by atoms with van der Waals surface area (Å²) in [7, 11) is -4.04. The summed E-state index contributed by atoms with van der Waals surface area (Å²) in [5.41, 5.74) is 0. The number of sulfonamides is 1. The minimum Gasteiger partial charge on any atom is -0.340 e. The summed E-state index contributed by atoms with van der Waals surface area (Å²) in [6.45, 7) is 1.67. The van der Waals surface area contributed by atoms with Gasteiger partial charge in [0.2, 0.25) is 15.9 Å². The summed E-state index contributed by atoms with van der Waals surface area (Å²) < 4.78 is 53.0. The number of hydrogen-bond donors (Lipinski definition) is 1. The van der Waals surface area contributed by atoms with Crippen molar-refractivity contribution in [2.75, 3.05) is 32.7 Å². The van der Waals surface area contributed by atoms with E-state index < -0.39 is 26.6 Å². The van der Waals surface area contributed by atoms with Gasteiger partial charge in [-0.15, -0.1) is 12.4 Å². The molecule has 10 heteroatoms. The van der Waals surface area contributed by atoms with Crippen molar-refractivity contribution in [2.45, 2.75) is 30.2 Å². The van der Waals surface area contributed by atoms with E-state index in [9.17, 15) is 22.0 Å². The monoisotopic (exact) mass is 409 g/mol. The van der Waals surface area contributed by atoms with E-state index in [-0.39, 0.29) is 50.5 Å². The van der Waals surface area contributed by atoms with Crippen molar-refractivity contribution in [2.24, 2.45) is 0 Å². The molecule has 0 spiro atoms. The lowest BCUT2D eigenvalue weighted by Crippen LogP contribution is -2.51. The maximum absolute atomic E-state index is 13.8. The van der Waals surface area contributed by atoms with E-state index in [0.717, 1.165) is 35.8 Å². The molecule has 2 aliphatic rings. The number of nitrogens with one attached hydrogen (secondary N) is 1. The second-order valence-corrected chi connectivity index (χ2v) is 8.26. The Morgan fingerprint density at radius 2 is 1.88 bits per heavy atom. The smallest absolute Gasteiger partial charge is 0.246 e. The second-order valence-electron chi connectivity index (χ2n) is 6.36. The molecule has 2 aliphatic heterocycles. The molecule has 0 aromatic heterocycles. The van der Waals surface area contributed by atoms with Crippen LogP contribution in [0.4, 0.5) is 8.78 Å². The molecule has 1 aromatic carbocycles. The number of nitrogens with zero attached hydrogens (tertiary/aromatic N) is 2. The van der Waals surface area contributed by atoms with Gasteiger partial charge in [0.25, 0.3) is 0 Å². The molecule has 146 valence electrons. The molecule has 0 bridgehead atoms. The molecule has 26 heavy (non-hydrogen) atoms. The van der Waals surface area contributed by atoms with Gasteiger partial charge in [0.15, 0.2) is 0 Å². The molecule has 1 N–H and O–H groups in total. The number of amides is 1. The van der Waals surface area contributed by atoms with Crippen LogP contribution in [0.1, 0.15) is 19.3 Å². The summed E-state index contributed by atoms with van der Waals surface area (Å²) in [6, 6.07) is 2.61. The van der Waals surface area contributed by atoms with Gasteiger partial charge in [0, 0.05) is 44.7 Å². The van der Waals surface area contributed by atoms with Gasteiger partial charge < -0.3 is 10.2 Å². The average Bonchev–Trinajstić information content (AvgIpc) is 3.07. The normalized spacial score (nSPS) is 21.5. The van der Waals surface area contributed by atoms with E-state index >= 15 is 0 Å². The van der Waals surface area contributed by atoms with Crippen LogP contribution in [0.5, 0.6) is 0 Å². The van der Waals surface area contributed by atoms with Gasteiger partial charge in [-0.05, 0) is 31.5 Å². The predicted molar refractivity (Wildman–Crippen MR) is 94.6 cm³/mol. The number of hydrogen-bond acceptors (Lipinski definition) is 4. The number of rotatable bonds is 4. The Hall–Kier alpha value is -1.29. The molecular formula is C16H22ClF2N3O3S. The standard InChI is InChI=1S/C16H21F2N3O3S.ClH/c17-12-3-4-15(14(18)10-12)25(23,24)21-8-6-20(7-9-21)16(22)11-13-2-1-5-19-13;/h3-4,10,13,19H,1-2,5-9,11H2;1H. The number of carbonyl (C=O) groups excluding carboxylic acids is 1. The Labute approximate surface area is 158 Å². The second kappa shape index (κ2) is 8.60. The molecule has 1 unspecified atom stereocenters. The van der Waals surface area contributed by atoms with Crippen molar-refractivity contribution in [1.29, 1.82) is 0 Å². The molecule has 2 saturated heterocycles. The fraction of sp³-hybridized carbons (Fsp3) is 0.562. The maximum atomic E-state index is 13.8. The van der Waals surface area contributed by atoms with Crippen molar-refractivity contribution in [3.8, 4) is 0 Å². The van der Waals surface area contributed by atoms with E-state index in [4.69, 9.17) is 0 Å². The van der Waals surface area contributed by atoms with E-state index in [0.29, 0.717) is 12.5 Å². The first-order chi connectivity index (χ1) is 11.9.